The predicted molar refractivity (Wildman–Crippen MR) is 121 cm³/mol. The quantitative estimate of drug-likeness (QED) is 0.540. The largest absolute Gasteiger partial charge is 0.360 e. The van der Waals surface area contributed by atoms with Gasteiger partial charge in [0.05, 0.1) is 4.88 Å². The number of aromatic nitrogens is 4. The van der Waals surface area contributed by atoms with Crippen molar-refractivity contribution in [2.24, 2.45) is 0 Å². The van der Waals surface area contributed by atoms with Crippen molar-refractivity contribution in [2.45, 2.75) is 38.1 Å². The predicted octanol–water partition coefficient (Wildman–Crippen LogP) is 2.76. The number of rotatable bonds is 5. The highest BCUT2D eigenvalue weighted by Crippen LogP contribution is 2.27. The summed E-state index contributed by atoms with van der Waals surface area (Å²) in [6, 6.07) is 3.26. The number of aryl methyl sites for hydroxylation is 2. The van der Waals surface area contributed by atoms with Crippen LogP contribution in [0.5, 0.6) is 0 Å². The molecule has 10 nitrogen and oxygen atoms in total. The Hall–Kier alpha value is -2.35. The first-order valence-corrected chi connectivity index (χ1v) is 12.9. The van der Waals surface area contributed by atoms with Gasteiger partial charge < -0.3 is 9.42 Å². The third kappa shape index (κ3) is 4.05. The first-order chi connectivity index (χ1) is 15.2. The van der Waals surface area contributed by atoms with Crippen LogP contribution in [0, 0.1) is 18.6 Å². The number of carbonyl (C=O) groups excluding carboxylic acids is 1. The van der Waals surface area contributed by atoms with Crippen LogP contribution >= 0.6 is 23.6 Å². The van der Waals surface area contributed by atoms with Crippen LogP contribution in [0.25, 0.3) is 10.7 Å². The molecule has 3 aromatic heterocycles. The Balaban J connectivity index is 1.53. The fraction of sp³-hybridized carbons (Fsp3) is 0.474. The maximum Gasteiger partial charge on any atom is 0.248 e. The molecule has 0 aromatic carbocycles. The van der Waals surface area contributed by atoms with Gasteiger partial charge in [-0.05, 0) is 50.9 Å². The summed E-state index contributed by atoms with van der Waals surface area (Å²) in [5, 5.41) is 12.8. The van der Waals surface area contributed by atoms with E-state index in [1.165, 1.54) is 15.6 Å². The summed E-state index contributed by atoms with van der Waals surface area (Å²) in [6.07, 6.45) is 0.523. The molecule has 1 aliphatic heterocycles. The molecular formula is C19H24N6O4S3. The number of amides is 1. The number of carbonyl (C=O) groups is 1. The van der Waals surface area contributed by atoms with Crippen LogP contribution in [0.2, 0.25) is 0 Å². The van der Waals surface area contributed by atoms with Gasteiger partial charge in [0.2, 0.25) is 15.9 Å². The Morgan fingerprint density at radius 1 is 1.28 bits per heavy atom. The second kappa shape index (κ2) is 8.89. The monoisotopic (exact) mass is 496 g/mol. The first-order valence-electron chi connectivity index (χ1n) is 10.1. The minimum Gasteiger partial charge on any atom is -0.360 e. The van der Waals surface area contributed by atoms with E-state index in [-0.39, 0.29) is 29.7 Å². The van der Waals surface area contributed by atoms with Crippen LogP contribution in [0.4, 0.5) is 0 Å². The summed E-state index contributed by atoms with van der Waals surface area (Å²) in [5.74, 6) is 0.754. The molecule has 1 saturated heterocycles. The van der Waals surface area contributed by atoms with E-state index in [1.807, 2.05) is 17.5 Å². The van der Waals surface area contributed by atoms with Gasteiger partial charge in [-0.1, -0.05) is 11.2 Å². The average Bonchev–Trinajstić information content (AvgIpc) is 3.43. The summed E-state index contributed by atoms with van der Waals surface area (Å²) in [6.45, 7) is 6.23. The van der Waals surface area contributed by atoms with E-state index >= 15 is 0 Å². The molecule has 1 atom stereocenters. The standard InChI is InChI=1S/C19H24N6O4S3/c1-12-16(14(3)29-22-12)32(27,28)24-8-5-7-23(9-10-24)18(26)13(2)25-17(20-21-19(25)30)15-6-4-11-31-15/h4,6,11,13H,5,7-10H2,1-3H3,(H,21,30). The molecule has 1 N–H and O–H groups in total. The molecule has 1 aliphatic rings. The summed E-state index contributed by atoms with van der Waals surface area (Å²) in [7, 11) is -3.76. The fourth-order valence-corrected chi connectivity index (χ4v) is 6.71. The van der Waals surface area contributed by atoms with Crippen LogP contribution in [-0.2, 0) is 14.8 Å². The molecule has 0 bridgehead atoms. The Kier molecular flexibility index (Phi) is 6.34. The second-order valence-electron chi connectivity index (χ2n) is 7.61. The molecule has 4 heterocycles. The SMILES string of the molecule is Cc1noc(C)c1S(=O)(=O)N1CCCN(C(=O)C(C)n2c(-c3cccs3)n[nH]c2=S)CC1. The van der Waals surface area contributed by atoms with Crippen molar-refractivity contribution in [1.82, 2.24) is 29.1 Å². The number of H-pyrrole nitrogens is 1. The van der Waals surface area contributed by atoms with Crippen molar-refractivity contribution in [3.05, 3.63) is 33.7 Å². The number of aromatic amines is 1. The highest BCUT2D eigenvalue weighted by atomic mass is 32.2. The van der Waals surface area contributed by atoms with Crippen molar-refractivity contribution >= 4 is 39.5 Å². The number of sulfonamides is 1. The second-order valence-corrected chi connectivity index (χ2v) is 10.8. The topological polar surface area (TPSA) is 117 Å². The van der Waals surface area contributed by atoms with E-state index in [2.05, 4.69) is 15.4 Å². The minimum atomic E-state index is -3.76. The molecular weight excluding hydrogens is 472 g/mol. The van der Waals surface area contributed by atoms with E-state index in [9.17, 15) is 13.2 Å². The average molecular weight is 497 g/mol. The molecule has 0 spiro atoms. The Bertz CT molecular complexity index is 1260. The summed E-state index contributed by atoms with van der Waals surface area (Å²) < 4.78 is 34.8. The number of nitrogens with one attached hydrogen (secondary N) is 1. The molecule has 32 heavy (non-hydrogen) atoms. The normalized spacial score (nSPS) is 16.8. The molecule has 172 valence electrons. The molecule has 0 aliphatic carbocycles. The lowest BCUT2D eigenvalue weighted by atomic mass is 10.2. The first kappa shape index (κ1) is 22.8. The van der Waals surface area contributed by atoms with Crippen LogP contribution in [-0.4, -0.2) is 69.6 Å². The van der Waals surface area contributed by atoms with Crippen molar-refractivity contribution in [2.75, 3.05) is 26.2 Å². The van der Waals surface area contributed by atoms with Crippen molar-refractivity contribution in [3.8, 4) is 10.7 Å². The van der Waals surface area contributed by atoms with Gasteiger partial charge >= 0.3 is 0 Å². The van der Waals surface area contributed by atoms with E-state index < -0.39 is 16.1 Å². The zero-order chi connectivity index (χ0) is 23.0. The van der Waals surface area contributed by atoms with E-state index in [4.69, 9.17) is 16.7 Å². The molecule has 1 amide bonds. The lowest BCUT2D eigenvalue weighted by molar-refractivity contribution is -0.134. The van der Waals surface area contributed by atoms with E-state index in [1.54, 1.807) is 30.2 Å². The Morgan fingerprint density at radius 3 is 2.72 bits per heavy atom. The van der Waals surface area contributed by atoms with Gasteiger partial charge in [-0.3, -0.25) is 14.5 Å². The zero-order valence-corrected chi connectivity index (χ0v) is 20.4. The van der Waals surface area contributed by atoms with Crippen LogP contribution in [0.1, 0.15) is 30.8 Å². The lowest BCUT2D eigenvalue weighted by Crippen LogP contribution is -2.40. The van der Waals surface area contributed by atoms with Gasteiger partial charge in [0.15, 0.2) is 16.4 Å². The zero-order valence-electron chi connectivity index (χ0n) is 17.9. The summed E-state index contributed by atoms with van der Waals surface area (Å²) >= 11 is 6.90. The Morgan fingerprint density at radius 2 is 2.06 bits per heavy atom. The highest BCUT2D eigenvalue weighted by molar-refractivity contribution is 7.89. The van der Waals surface area contributed by atoms with Gasteiger partial charge in [-0.25, -0.2) is 8.42 Å². The smallest absolute Gasteiger partial charge is 0.248 e. The number of nitrogens with zero attached hydrogens (tertiary/aromatic N) is 5. The number of hydrogen-bond acceptors (Lipinski definition) is 8. The van der Waals surface area contributed by atoms with Crippen LogP contribution < -0.4 is 0 Å². The van der Waals surface area contributed by atoms with Gasteiger partial charge in [0.25, 0.3) is 0 Å². The van der Waals surface area contributed by atoms with Gasteiger partial charge in [-0.15, -0.1) is 11.3 Å². The van der Waals surface area contributed by atoms with Crippen molar-refractivity contribution in [3.63, 3.8) is 0 Å². The lowest BCUT2D eigenvalue weighted by Gasteiger charge is -2.25. The number of thiophene rings is 1. The molecule has 1 fully saturated rings. The van der Waals surface area contributed by atoms with E-state index in [0.717, 1.165) is 4.88 Å². The van der Waals surface area contributed by atoms with E-state index in [0.29, 0.717) is 35.8 Å². The third-order valence-corrected chi connectivity index (χ3v) is 8.82. The molecule has 1 unspecified atom stereocenters. The molecule has 0 saturated carbocycles. The summed E-state index contributed by atoms with van der Waals surface area (Å²) in [5.41, 5.74) is 0.337. The van der Waals surface area contributed by atoms with Crippen LogP contribution in [0.3, 0.4) is 0 Å². The van der Waals surface area contributed by atoms with Gasteiger partial charge in [0.1, 0.15) is 16.6 Å². The Labute approximate surface area is 194 Å². The van der Waals surface area contributed by atoms with Gasteiger partial charge in [-0.2, -0.15) is 9.40 Å². The molecule has 4 rings (SSSR count). The maximum absolute atomic E-state index is 13.3. The molecule has 13 heteroatoms. The van der Waals surface area contributed by atoms with Crippen molar-refractivity contribution < 1.29 is 17.7 Å². The van der Waals surface area contributed by atoms with Crippen LogP contribution in [0.15, 0.2) is 26.9 Å². The molecule has 0 radical (unpaired) electrons. The molecule has 3 aromatic rings. The fourth-order valence-electron chi connectivity index (χ4n) is 3.94. The minimum absolute atomic E-state index is 0.107. The van der Waals surface area contributed by atoms with Gasteiger partial charge in [0, 0.05) is 26.2 Å². The van der Waals surface area contributed by atoms with Crippen molar-refractivity contribution in [1.29, 1.82) is 0 Å². The maximum atomic E-state index is 13.3. The summed E-state index contributed by atoms with van der Waals surface area (Å²) in [4.78, 5) is 16.1. The number of hydrogen-bond donors (Lipinski definition) is 1. The highest BCUT2D eigenvalue weighted by Gasteiger charge is 2.34. The third-order valence-electron chi connectivity index (χ3n) is 5.52.